The molecule has 1 amide bonds. The molecule has 6 heteroatoms. The molecule has 0 aliphatic heterocycles. The summed E-state index contributed by atoms with van der Waals surface area (Å²) in [6.07, 6.45) is 4.99. The van der Waals surface area contributed by atoms with E-state index in [0.29, 0.717) is 5.70 Å². The second-order valence-electron chi connectivity index (χ2n) is 6.38. The molecule has 2 heterocycles. The summed E-state index contributed by atoms with van der Waals surface area (Å²) in [6.45, 7) is 3.98. The number of carbonyl (C=O) groups is 1. The zero-order valence-electron chi connectivity index (χ0n) is 15.5. The van der Waals surface area contributed by atoms with Gasteiger partial charge in [0.25, 0.3) is 5.91 Å². The van der Waals surface area contributed by atoms with Crippen molar-refractivity contribution in [1.29, 1.82) is 0 Å². The third-order valence-electron chi connectivity index (χ3n) is 4.52. The van der Waals surface area contributed by atoms with Crippen LogP contribution in [0.2, 0.25) is 0 Å². The molecule has 138 valence electrons. The van der Waals surface area contributed by atoms with Crippen molar-refractivity contribution in [3.05, 3.63) is 77.2 Å². The van der Waals surface area contributed by atoms with Gasteiger partial charge in [0.2, 0.25) is 0 Å². The van der Waals surface area contributed by atoms with Gasteiger partial charge in [-0.25, -0.2) is 4.52 Å². The van der Waals surface area contributed by atoms with Gasteiger partial charge in [-0.15, -0.1) is 0 Å². The van der Waals surface area contributed by atoms with Gasteiger partial charge in [-0.05, 0) is 36.8 Å². The molecule has 0 saturated carbocycles. The lowest BCUT2D eigenvalue weighted by Gasteiger charge is -2.16. The van der Waals surface area contributed by atoms with Gasteiger partial charge in [0.15, 0.2) is 0 Å². The first-order valence-electron chi connectivity index (χ1n) is 8.62. The lowest BCUT2D eigenvalue weighted by molar-refractivity contribution is -0.111. The van der Waals surface area contributed by atoms with E-state index in [0.717, 1.165) is 22.3 Å². The molecule has 1 atom stereocenters. The number of benzene rings is 1. The van der Waals surface area contributed by atoms with E-state index in [-0.39, 0.29) is 11.8 Å². The van der Waals surface area contributed by atoms with Crippen molar-refractivity contribution in [2.45, 2.75) is 19.8 Å². The first-order valence-corrected chi connectivity index (χ1v) is 9.06. The molecule has 1 aromatic carbocycles. The van der Waals surface area contributed by atoms with Crippen LogP contribution in [0.15, 0.2) is 71.1 Å². The number of carbonyl (C=O) groups excluding carboxylic acids is 1. The summed E-state index contributed by atoms with van der Waals surface area (Å²) in [5.74, 6) is -0.320. The number of aromatic nitrogens is 2. The predicted molar refractivity (Wildman–Crippen MR) is 111 cm³/mol. The molecular weight excluding hydrogens is 360 g/mol. The van der Waals surface area contributed by atoms with Crippen LogP contribution >= 0.6 is 11.6 Å². The summed E-state index contributed by atoms with van der Waals surface area (Å²) in [7, 11) is 1.72. The molecule has 2 aromatic heterocycles. The average Bonchev–Trinajstić information content (AvgIpc) is 3.11. The normalized spacial score (nSPS) is 13.3. The van der Waals surface area contributed by atoms with E-state index >= 15 is 0 Å². The molecule has 0 N–H and O–H groups in total. The van der Waals surface area contributed by atoms with Gasteiger partial charge in [-0.1, -0.05) is 36.7 Å². The van der Waals surface area contributed by atoms with E-state index in [1.165, 1.54) is 11.7 Å². The van der Waals surface area contributed by atoms with Crippen LogP contribution in [0.4, 0.5) is 5.69 Å². The number of anilines is 1. The number of aryl methyl sites for hydroxylation is 1. The average molecular weight is 381 g/mol. The number of pyridine rings is 1. The van der Waals surface area contributed by atoms with E-state index in [2.05, 4.69) is 10.1 Å². The fraction of sp³-hybridized carbons (Fsp3) is 0.190. The van der Waals surface area contributed by atoms with Crippen molar-refractivity contribution in [2.75, 3.05) is 11.9 Å². The lowest BCUT2D eigenvalue weighted by atomic mass is 10.00. The van der Waals surface area contributed by atoms with Crippen LogP contribution in [0.3, 0.4) is 0 Å². The number of halogens is 1. The highest BCUT2D eigenvalue weighted by Gasteiger charge is 2.16. The Balaban J connectivity index is 1.79. The molecule has 0 fully saturated rings. The highest BCUT2D eigenvalue weighted by Crippen LogP contribution is 2.28. The maximum Gasteiger partial charge on any atom is 0.269 e. The Bertz CT molecular complexity index is 1020. The SMILES string of the molecule is Cc1cccc(N(C)C(=O)C=N/C(=C/Cl)C(C)c2cnn3ccccc23)c1. The van der Waals surface area contributed by atoms with Gasteiger partial charge in [0.1, 0.15) is 0 Å². The van der Waals surface area contributed by atoms with Gasteiger partial charge in [-0.2, -0.15) is 5.10 Å². The standard InChI is InChI=1S/C21H21ClN4O/c1-15-7-6-8-17(11-15)25(3)21(27)14-23-19(12-22)16(2)18-13-24-26-10-5-4-9-20(18)26/h4-14,16H,1-3H3/b19-12+,23-14?. The molecule has 3 rings (SSSR count). The molecule has 0 aliphatic rings. The number of aliphatic imine (C=N–C) groups is 1. The molecule has 0 saturated heterocycles. The Morgan fingerprint density at radius 2 is 2.11 bits per heavy atom. The van der Waals surface area contributed by atoms with Gasteiger partial charge in [0.05, 0.1) is 23.6 Å². The third-order valence-corrected chi connectivity index (χ3v) is 4.75. The third kappa shape index (κ3) is 4.09. The minimum absolute atomic E-state index is 0.101. The molecular formula is C21H21ClN4O. The van der Waals surface area contributed by atoms with Crippen LogP contribution in [0.5, 0.6) is 0 Å². The zero-order chi connectivity index (χ0) is 19.4. The summed E-state index contributed by atoms with van der Waals surface area (Å²) >= 11 is 6.00. The number of amides is 1. The Morgan fingerprint density at radius 3 is 2.85 bits per heavy atom. The van der Waals surface area contributed by atoms with Crippen LogP contribution in [-0.4, -0.2) is 28.8 Å². The molecule has 1 unspecified atom stereocenters. The molecule has 27 heavy (non-hydrogen) atoms. The minimum atomic E-state index is -0.219. The first kappa shape index (κ1) is 18.9. The molecule has 0 spiro atoms. The van der Waals surface area contributed by atoms with Crippen LogP contribution in [-0.2, 0) is 4.79 Å². The topological polar surface area (TPSA) is 50.0 Å². The largest absolute Gasteiger partial charge is 0.311 e. The Kier molecular flexibility index (Phi) is 5.72. The Hall–Kier alpha value is -2.92. The highest BCUT2D eigenvalue weighted by molar-refractivity contribution is 6.33. The zero-order valence-corrected chi connectivity index (χ0v) is 16.3. The summed E-state index contributed by atoms with van der Waals surface area (Å²) in [5, 5.41) is 4.35. The highest BCUT2D eigenvalue weighted by atomic mass is 35.5. The fourth-order valence-electron chi connectivity index (χ4n) is 2.86. The van der Waals surface area contributed by atoms with Gasteiger partial charge in [0, 0.05) is 35.9 Å². The van der Waals surface area contributed by atoms with Gasteiger partial charge >= 0.3 is 0 Å². The number of rotatable bonds is 5. The Morgan fingerprint density at radius 1 is 1.30 bits per heavy atom. The monoisotopic (exact) mass is 380 g/mol. The quantitative estimate of drug-likeness (QED) is 0.609. The second-order valence-corrected chi connectivity index (χ2v) is 6.60. The van der Waals surface area contributed by atoms with Crippen molar-refractivity contribution in [3.8, 4) is 0 Å². The van der Waals surface area contributed by atoms with Gasteiger partial charge in [-0.3, -0.25) is 9.79 Å². The number of hydrogen-bond donors (Lipinski definition) is 0. The Labute approximate surface area is 163 Å². The summed E-state index contributed by atoms with van der Waals surface area (Å²) < 4.78 is 1.80. The molecule has 5 nitrogen and oxygen atoms in total. The van der Waals surface area contributed by atoms with Gasteiger partial charge < -0.3 is 4.90 Å². The molecule has 3 aromatic rings. The van der Waals surface area contributed by atoms with E-state index in [1.807, 2.05) is 62.5 Å². The maximum atomic E-state index is 12.5. The first-order chi connectivity index (χ1) is 13.0. The second kappa shape index (κ2) is 8.18. The fourth-order valence-corrected chi connectivity index (χ4v) is 3.11. The van der Waals surface area contributed by atoms with Crippen LogP contribution in [0, 0.1) is 6.92 Å². The van der Waals surface area contributed by atoms with E-state index in [1.54, 1.807) is 22.7 Å². The number of nitrogens with zero attached hydrogens (tertiary/aromatic N) is 4. The van der Waals surface area contributed by atoms with Crippen molar-refractivity contribution in [1.82, 2.24) is 9.61 Å². The van der Waals surface area contributed by atoms with Crippen LogP contribution < -0.4 is 4.90 Å². The number of fused-ring (bicyclic) bond motifs is 1. The molecule has 0 aliphatic carbocycles. The maximum absolute atomic E-state index is 12.5. The van der Waals surface area contributed by atoms with Crippen molar-refractivity contribution >= 4 is 34.9 Å². The summed E-state index contributed by atoms with van der Waals surface area (Å²) in [4.78, 5) is 18.4. The van der Waals surface area contributed by atoms with Crippen molar-refractivity contribution in [2.24, 2.45) is 4.99 Å². The van der Waals surface area contributed by atoms with Crippen molar-refractivity contribution < 1.29 is 4.79 Å². The molecule has 0 bridgehead atoms. The van der Waals surface area contributed by atoms with Crippen LogP contribution in [0.1, 0.15) is 24.0 Å². The molecule has 0 radical (unpaired) electrons. The van der Waals surface area contributed by atoms with Crippen molar-refractivity contribution in [3.63, 3.8) is 0 Å². The summed E-state index contributed by atoms with van der Waals surface area (Å²) in [6, 6.07) is 13.6. The minimum Gasteiger partial charge on any atom is -0.311 e. The predicted octanol–water partition coefficient (Wildman–Crippen LogP) is 4.56. The number of hydrogen-bond acceptors (Lipinski definition) is 3. The van der Waals surface area contributed by atoms with Crippen LogP contribution in [0.25, 0.3) is 5.52 Å². The summed E-state index contributed by atoms with van der Waals surface area (Å²) in [5.41, 5.74) is 5.90. The lowest BCUT2D eigenvalue weighted by Crippen LogP contribution is -2.27. The smallest absolute Gasteiger partial charge is 0.269 e. The van der Waals surface area contributed by atoms with E-state index in [9.17, 15) is 4.79 Å². The van der Waals surface area contributed by atoms with E-state index in [4.69, 9.17) is 11.6 Å². The number of allylic oxidation sites excluding steroid dienone is 1. The van der Waals surface area contributed by atoms with E-state index < -0.39 is 0 Å².